The van der Waals surface area contributed by atoms with Crippen molar-refractivity contribution in [3.05, 3.63) is 50.1 Å². The number of aromatic nitrogens is 4. The predicted octanol–water partition coefficient (Wildman–Crippen LogP) is 2.83. The Labute approximate surface area is 167 Å². The summed E-state index contributed by atoms with van der Waals surface area (Å²) in [6, 6.07) is -0.243. The number of amides is 1. The lowest BCUT2D eigenvalue weighted by Gasteiger charge is -2.27. The number of nitrogens with one attached hydrogen (secondary N) is 2. The second-order valence-electron chi connectivity index (χ2n) is 7.29. The van der Waals surface area contributed by atoms with Crippen LogP contribution in [0.4, 0.5) is 0 Å². The van der Waals surface area contributed by atoms with Crippen molar-refractivity contribution >= 4 is 17.2 Å². The van der Waals surface area contributed by atoms with Crippen molar-refractivity contribution in [2.24, 2.45) is 0 Å². The molecule has 9 heteroatoms. The van der Waals surface area contributed by atoms with E-state index in [1.54, 1.807) is 11.3 Å². The number of thiophene rings is 1. The molecule has 4 rings (SSSR count). The molecule has 0 fully saturated rings. The van der Waals surface area contributed by atoms with Gasteiger partial charge in [-0.3, -0.25) is 14.8 Å². The molecule has 0 saturated heterocycles. The van der Waals surface area contributed by atoms with Crippen molar-refractivity contribution in [3.63, 3.8) is 0 Å². The first kappa shape index (κ1) is 18.8. The van der Waals surface area contributed by atoms with E-state index in [-0.39, 0.29) is 11.9 Å². The number of aromatic amines is 1. The van der Waals surface area contributed by atoms with E-state index in [4.69, 9.17) is 4.52 Å². The molecule has 3 aromatic rings. The molecular formula is C19H24N6O2S. The molecule has 1 aliphatic rings. The highest BCUT2D eigenvalue weighted by atomic mass is 32.1. The van der Waals surface area contributed by atoms with E-state index in [0.29, 0.717) is 5.82 Å². The molecule has 0 aromatic carbocycles. The van der Waals surface area contributed by atoms with Crippen LogP contribution in [-0.2, 0) is 19.5 Å². The molecule has 1 amide bonds. The zero-order chi connectivity index (χ0) is 19.8. The van der Waals surface area contributed by atoms with Gasteiger partial charge in [0, 0.05) is 35.5 Å². The van der Waals surface area contributed by atoms with Gasteiger partial charge in [0.25, 0.3) is 5.91 Å². The van der Waals surface area contributed by atoms with E-state index in [1.807, 2.05) is 33.1 Å². The molecule has 4 heterocycles. The van der Waals surface area contributed by atoms with Gasteiger partial charge in [0.1, 0.15) is 11.6 Å². The van der Waals surface area contributed by atoms with Crippen molar-refractivity contribution in [3.8, 4) is 0 Å². The molecule has 148 valence electrons. The molecule has 3 aromatic heterocycles. The van der Waals surface area contributed by atoms with Crippen LogP contribution in [0.3, 0.4) is 0 Å². The average molecular weight is 401 g/mol. The summed E-state index contributed by atoms with van der Waals surface area (Å²) in [5.74, 6) is 2.15. The third-order valence-electron chi connectivity index (χ3n) is 5.18. The molecule has 0 aliphatic carbocycles. The molecular weight excluding hydrogens is 376 g/mol. The molecule has 0 unspecified atom stereocenters. The van der Waals surface area contributed by atoms with E-state index in [0.717, 1.165) is 60.0 Å². The van der Waals surface area contributed by atoms with E-state index in [2.05, 4.69) is 30.6 Å². The summed E-state index contributed by atoms with van der Waals surface area (Å²) >= 11 is 1.65. The van der Waals surface area contributed by atoms with Crippen LogP contribution in [0.25, 0.3) is 0 Å². The van der Waals surface area contributed by atoms with E-state index >= 15 is 0 Å². The van der Waals surface area contributed by atoms with Crippen LogP contribution in [0.15, 0.2) is 9.90 Å². The number of carbonyl (C=O) groups excluding carboxylic acids is 1. The summed E-state index contributed by atoms with van der Waals surface area (Å²) in [5.41, 5.74) is 4.05. The van der Waals surface area contributed by atoms with Crippen molar-refractivity contribution in [1.29, 1.82) is 0 Å². The number of rotatable bonds is 5. The summed E-state index contributed by atoms with van der Waals surface area (Å²) < 4.78 is 5.28. The van der Waals surface area contributed by atoms with Crippen molar-refractivity contribution in [2.45, 2.75) is 53.2 Å². The maximum atomic E-state index is 12.8. The van der Waals surface area contributed by atoms with Crippen LogP contribution in [0.5, 0.6) is 0 Å². The Hall–Kier alpha value is -2.52. The Morgan fingerprint density at radius 1 is 1.43 bits per heavy atom. The SMILES string of the molecule is Cc1nc([C@H](C)NC(=O)c2csc3c2CCN(Cc2c(C)noc2C)C3)n[nH]1. The zero-order valence-corrected chi connectivity index (χ0v) is 17.3. The fourth-order valence-corrected chi connectivity index (χ4v) is 4.67. The monoisotopic (exact) mass is 400 g/mol. The third-order valence-corrected chi connectivity index (χ3v) is 6.20. The Morgan fingerprint density at radius 2 is 2.25 bits per heavy atom. The lowest BCUT2D eigenvalue weighted by atomic mass is 10.0. The van der Waals surface area contributed by atoms with Crippen LogP contribution in [0.1, 0.15) is 62.4 Å². The maximum absolute atomic E-state index is 12.8. The van der Waals surface area contributed by atoms with Crippen LogP contribution in [0, 0.1) is 20.8 Å². The van der Waals surface area contributed by atoms with Gasteiger partial charge >= 0.3 is 0 Å². The highest BCUT2D eigenvalue weighted by Gasteiger charge is 2.26. The van der Waals surface area contributed by atoms with Gasteiger partial charge in [0.05, 0.1) is 17.3 Å². The first-order valence-electron chi connectivity index (χ1n) is 9.35. The molecule has 0 saturated carbocycles. The Kier molecular flexibility index (Phi) is 5.03. The Morgan fingerprint density at radius 3 is 2.93 bits per heavy atom. The summed E-state index contributed by atoms with van der Waals surface area (Å²) in [5, 5.41) is 16.0. The van der Waals surface area contributed by atoms with Gasteiger partial charge in [-0.05, 0) is 39.7 Å². The lowest BCUT2D eigenvalue weighted by Crippen LogP contribution is -2.32. The topological polar surface area (TPSA) is 99.9 Å². The quantitative estimate of drug-likeness (QED) is 0.683. The van der Waals surface area contributed by atoms with Gasteiger partial charge in [-0.1, -0.05) is 5.16 Å². The highest BCUT2D eigenvalue weighted by molar-refractivity contribution is 7.10. The molecule has 8 nitrogen and oxygen atoms in total. The number of hydrogen-bond acceptors (Lipinski definition) is 7. The summed E-state index contributed by atoms with van der Waals surface area (Å²) in [6.07, 6.45) is 0.860. The maximum Gasteiger partial charge on any atom is 0.252 e. The normalized spacial score (nSPS) is 15.4. The van der Waals surface area contributed by atoms with Gasteiger partial charge in [-0.25, -0.2) is 4.98 Å². The fraction of sp³-hybridized carbons (Fsp3) is 0.474. The predicted molar refractivity (Wildman–Crippen MR) is 105 cm³/mol. The zero-order valence-electron chi connectivity index (χ0n) is 16.5. The molecule has 0 spiro atoms. The van der Waals surface area contributed by atoms with Gasteiger partial charge in [0.15, 0.2) is 5.82 Å². The van der Waals surface area contributed by atoms with Gasteiger partial charge in [0.2, 0.25) is 0 Å². The minimum Gasteiger partial charge on any atom is -0.361 e. The van der Waals surface area contributed by atoms with E-state index in [9.17, 15) is 4.79 Å². The Bertz CT molecular complexity index is 985. The molecule has 0 radical (unpaired) electrons. The smallest absolute Gasteiger partial charge is 0.252 e. The molecule has 1 atom stereocenters. The van der Waals surface area contributed by atoms with E-state index in [1.165, 1.54) is 4.88 Å². The second kappa shape index (κ2) is 7.48. The standard InChI is InChI=1S/C19H24N6O2S/c1-10-15(12(3)27-24-10)7-25-6-5-14-16(9-28-17(14)8-25)19(26)20-11(2)18-21-13(4)22-23-18/h9,11H,5-8H2,1-4H3,(H,20,26)(H,21,22,23)/t11-/m0/s1. The van der Waals surface area contributed by atoms with Gasteiger partial charge in [-0.15, -0.1) is 11.3 Å². The van der Waals surface area contributed by atoms with Crippen LogP contribution in [-0.4, -0.2) is 37.7 Å². The molecule has 1 aliphatic heterocycles. The van der Waals surface area contributed by atoms with Crippen LogP contribution < -0.4 is 5.32 Å². The van der Waals surface area contributed by atoms with Crippen molar-refractivity contribution < 1.29 is 9.32 Å². The number of fused-ring (bicyclic) bond motifs is 1. The van der Waals surface area contributed by atoms with Crippen molar-refractivity contribution in [2.75, 3.05) is 6.54 Å². The van der Waals surface area contributed by atoms with Gasteiger partial charge in [-0.2, -0.15) is 5.10 Å². The van der Waals surface area contributed by atoms with Crippen LogP contribution >= 0.6 is 11.3 Å². The highest BCUT2D eigenvalue weighted by Crippen LogP contribution is 2.30. The van der Waals surface area contributed by atoms with Crippen LogP contribution in [0.2, 0.25) is 0 Å². The molecule has 0 bridgehead atoms. The number of carbonyl (C=O) groups is 1. The first-order chi connectivity index (χ1) is 13.4. The second-order valence-corrected chi connectivity index (χ2v) is 8.25. The van der Waals surface area contributed by atoms with Gasteiger partial charge < -0.3 is 9.84 Å². The number of H-pyrrole nitrogens is 1. The fourth-order valence-electron chi connectivity index (χ4n) is 3.55. The van der Waals surface area contributed by atoms with Crippen molar-refractivity contribution in [1.82, 2.24) is 30.6 Å². The van der Waals surface area contributed by atoms with E-state index < -0.39 is 0 Å². The first-order valence-corrected chi connectivity index (χ1v) is 10.2. The minimum atomic E-state index is -0.243. The third kappa shape index (κ3) is 3.59. The summed E-state index contributed by atoms with van der Waals surface area (Å²) in [6.45, 7) is 10.2. The number of aryl methyl sites for hydroxylation is 3. The largest absolute Gasteiger partial charge is 0.361 e. The minimum absolute atomic E-state index is 0.0633. The lowest BCUT2D eigenvalue weighted by molar-refractivity contribution is 0.0937. The molecule has 2 N–H and O–H groups in total. The summed E-state index contributed by atoms with van der Waals surface area (Å²) in [4.78, 5) is 20.7. The average Bonchev–Trinajstić information content (AvgIpc) is 3.36. The molecule has 28 heavy (non-hydrogen) atoms. The number of nitrogens with zero attached hydrogens (tertiary/aromatic N) is 4. The Balaban J connectivity index is 1.44. The summed E-state index contributed by atoms with van der Waals surface area (Å²) in [7, 11) is 0. The number of hydrogen-bond donors (Lipinski definition) is 2.